The lowest BCUT2D eigenvalue weighted by Crippen LogP contribution is -2.31. The summed E-state index contributed by atoms with van der Waals surface area (Å²) in [4.78, 5) is 14.8. The van der Waals surface area contributed by atoms with Crippen LogP contribution in [0, 0.1) is 0 Å². The number of carbonyl (C=O) groups is 1. The van der Waals surface area contributed by atoms with Crippen molar-refractivity contribution in [3.05, 3.63) is 28.3 Å². The molecule has 0 radical (unpaired) electrons. The Labute approximate surface area is 126 Å². The van der Waals surface area contributed by atoms with E-state index in [0.29, 0.717) is 23.3 Å². The molecule has 2 heterocycles. The lowest BCUT2D eigenvalue weighted by molar-refractivity contribution is -0.127. The molecule has 0 bridgehead atoms. The standard InChI is InChI=1S/C13H17N3O2S2/c1-3-16(4-2)12(17)9-20-13-15-14-11(18-13)8-10-6-5-7-19-10/h5-7H,3-4,8-9H2,1-2H3. The molecule has 2 aromatic rings. The van der Waals surface area contributed by atoms with Gasteiger partial charge in [-0.05, 0) is 25.3 Å². The summed E-state index contributed by atoms with van der Waals surface area (Å²) in [5, 5.41) is 10.4. The molecule has 7 heteroatoms. The highest BCUT2D eigenvalue weighted by Crippen LogP contribution is 2.19. The number of thioether (sulfide) groups is 1. The van der Waals surface area contributed by atoms with Gasteiger partial charge in [-0.1, -0.05) is 17.8 Å². The first-order valence-corrected chi connectivity index (χ1v) is 8.34. The van der Waals surface area contributed by atoms with Gasteiger partial charge in [0.25, 0.3) is 5.22 Å². The number of hydrogen-bond donors (Lipinski definition) is 0. The number of aromatic nitrogens is 2. The maximum Gasteiger partial charge on any atom is 0.277 e. The third-order valence-corrected chi connectivity index (χ3v) is 4.47. The van der Waals surface area contributed by atoms with Crippen LogP contribution in [0.1, 0.15) is 24.6 Å². The van der Waals surface area contributed by atoms with Crippen LogP contribution in [-0.2, 0) is 11.2 Å². The van der Waals surface area contributed by atoms with Crippen LogP contribution in [0.5, 0.6) is 0 Å². The van der Waals surface area contributed by atoms with Gasteiger partial charge < -0.3 is 9.32 Å². The van der Waals surface area contributed by atoms with E-state index in [1.807, 2.05) is 31.4 Å². The molecule has 0 N–H and O–H groups in total. The Balaban J connectivity index is 1.85. The molecule has 0 saturated carbocycles. The largest absolute Gasteiger partial charge is 0.416 e. The van der Waals surface area contributed by atoms with E-state index in [0.717, 1.165) is 13.1 Å². The van der Waals surface area contributed by atoms with E-state index < -0.39 is 0 Å². The molecule has 108 valence electrons. The van der Waals surface area contributed by atoms with E-state index in [9.17, 15) is 4.79 Å². The van der Waals surface area contributed by atoms with Gasteiger partial charge in [0.15, 0.2) is 0 Å². The van der Waals surface area contributed by atoms with Gasteiger partial charge in [-0.3, -0.25) is 4.79 Å². The number of rotatable bonds is 7. The summed E-state index contributed by atoms with van der Waals surface area (Å²) in [5.41, 5.74) is 0. The highest BCUT2D eigenvalue weighted by Gasteiger charge is 2.13. The van der Waals surface area contributed by atoms with Crippen molar-refractivity contribution >= 4 is 29.0 Å². The normalized spacial score (nSPS) is 10.7. The fourth-order valence-corrected chi connectivity index (χ4v) is 3.10. The number of amides is 1. The van der Waals surface area contributed by atoms with Crippen LogP contribution in [0.15, 0.2) is 27.2 Å². The summed E-state index contributed by atoms with van der Waals surface area (Å²) < 4.78 is 5.53. The second-order valence-corrected chi connectivity index (χ2v) is 6.03. The van der Waals surface area contributed by atoms with E-state index in [-0.39, 0.29) is 5.91 Å². The molecular formula is C13H17N3O2S2. The van der Waals surface area contributed by atoms with Crippen LogP contribution in [0.2, 0.25) is 0 Å². The molecule has 0 saturated heterocycles. The van der Waals surface area contributed by atoms with Crippen molar-refractivity contribution in [1.82, 2.24) is 15.1 Å². The van der Waals surface area contributed by atoms with Crippen LogP contribution in [0.3, 0.4) is 0 Å². The minimum atomic E-state index is 0.0954. The van der Waals surface area contributed by atoms with Crippen molar-refractivity contribution in [1.29, 1.82) is 0 Å². The zero-order valence-electron chi connectivity index (χ0n) is 11.5. The van der Waals surface area contributed by atoms with Gasteiger partial charge in [-0.25, -0.2) is 0 Å². The van der Waals surface area contributed by atoms with Crippen LogP contribution >= 0.6 is 23.1 Å². The first-order valence-electron chi connectivity index (χ1n) is 6.48. The molecule has 2 rings (SSSR count). The summed E-state index contributed by atoms with van der Waals surface area (Å²) in [6.45, 7) is 5.39. The zero-order valence-corrected chi connectivity index (χ0v) is 13.2. The van der Waals surface area contributed by atoms with Crippen LogP contribution < -0.4 is 0 Å². The van der Waals surface area contributed by atoms with E-state index in [4.69, 9.17) is 4.42 Å². The quantitative estimate of drug-likeness (QED) is 0.736. The maximum absolute atomic E-state index is 11.9. The molecule has 2 aromatic heterocycles. The molecule has 0 aliphatic carbocycles. The van der Waals surface area contributed by atoms with Crippen molar-refractivity contribution in [3.63, 3.8) is 0 Å². The predicted octanol–water partition coefficient (Wildman–Crippen LogP) is 2.68. The smallest absolute Gasteiger partial charge is 0.277 e. The molecule has 0 unspecified atom stereocenters. The van der Waals surface area contributed by atoms with Gasteiger partial charge in [0.05, 0.1) is 12.2 Å². The highest BCUT2D eigenvalue weighted by atomic mass is 32.2. The van der Waals surface area contributed by atoms with E-state index in [2.05, 4.69) is 10.2 Å². The highest BCUT2D eigenvalue weighted by molar-refractivity contribution is 7.99. The molecule has 0 fully saturated rings. The Bertz CT molecular complexity index is 536. The Morgan fingerprint density at radius 3 is 2.85 bits per heavy atom. The summed E-state index contributed by atoms with van der Waals surface area (Å²) in [5.74, 6) is 1.02. The minimum absolute atomic E-state index is 0.0954. The number of thiophene rings is 1. The topological polar surface area (TPSA) is 59.2 Å². The maximum atomic E-state index is 11.9. The third kappa shape index (κ3) is 4.08. The van der Waals surface area contributed by atoms with Crippen molar-refractivity contribution < 1.29 is 9.21 Å². The van der Waals surface area contributed by atoms with Crippen LogP contribution in [0.4, 0.5) is 0 Å². The molecule has 0 atom stereocenters. The minimum Gasteiger partial charge on any atom is -0.416 e. The molecule has 1 amide bonds. The summed E-state index contributed by atoms with van der Waals surface area (Å²) in [7, 11) is 0. The second-order valence-electron chi connectivity index (χ2n) is 4.07. The molecular weight excluding hydrogens is 294 g/mol. The second kappa shape index (κ2) is 7.44. The lowest BCUT2D eigenvalue weighted by atomic mass is 10.3. The van der Waals surface area contributed by atoms with Gasteiger partial charge >= 0.3 is 0 Å². The van der Waals surface area contributed by atoms with Crippen molar-refractivity contribution in [2.75, 3.05) is 18.8 Å². The zero-order chi connectivity index (χ0) is 14.4. The number of hydrogen-bond acceptors (Lipinski definition) is 6. The fourth-order valence-electron chi connectivity index (χ4n) is 1.72. The van der Waals surface area contributed by atoms with Crippen molar-refractivity contribution in [3.8, 4) is 0 Å². The van der Waals surface area contributed by atoms with Crippen molar-refractivity contribution in [2.24, 2.45) is 0 Å². The summed E-state index contributed by atoms with van der Waals surface area (Å²) >= 11 is 2.95. The Kier molecular flexibility index (Phi) is 5.60. The third-order valence-electron chi connectivity index (χ3n) is 2.79. The first-order chi connectivity index (χ1) is 9.72. The van der Waals surface area contributed by atoms with Gasteiger partial charge in [0, 0.05) is 18.0 Å². The van der Waals surface area contributed by atoms with Gasteiger partial charge in [-0.15, -0.1) is 21.5 Å². The predicted molar refractivity (Wildman–Crippen MR) is 80.1 cm³/mol. The molecule has 0 spiro atoms. The van der Waals surface area contributed by atoms with Gasteiger partial charge in [-0.2, -0.15) is 0 Å². The molecule has 5 nitrogen and oxygen atoms in total. The average molecular weight is 311 g/mol. The molecule has 0 aliphatic heterocycles. The SMILES string of the molecule is CCN(CC)C(=O)CSc1nnc(Cc2cccs2)o1. The van der Waals surface area contributed by atoms with Crippen LogP contribution in [-0.4, -0.2) is 39.8 Å². The Morgan fingerprint density at radius 2 is 2.20 bits per heavy atom. The number of carbonyl (C=O) groups excluding carboxylic acids is 1. The Hall–Kier alpha value is -1.34. The van der Waals surface area contributed by atoms with E-state index >= 15 is 0 Å². The summed E-state index contributed by atoms with van der Waals surface area (Å²) in [6.07, 6.45) is 0.648. The fraction of sp³-hybridized carbons (Fsp3) is 0.462. The van der Waals surface area contributed by atoms with Crippen LogP contribution in [0.25, 0.3) is 0 Å². The molecule has 0 aliphatic rings. The molecule has 20 heavy (non-hydrogen) atoms. The van der Waals surface area contributed by atoms with Gasteiger partial charge in [0.1, 0.15) is 0 Å². The van der Waals surface area contributed by atoms with Gasteiger partial charge in [0.2, 0.25) is 11.8 Å². The van der Waals surface area contributed by atoms with Crippen molar-refractivity contribution in [2.45, 2.75) is 25.5 Å². The average Bonchev–Trinajstić information content (AvgIpc) is 3.10. The summed E-state index contributed by atoms with van der Waals surface area (Å²) in [6, 6.07) is 4.03. The van der Waals surface area contributed by atoms with E-state index in [1.165, 1.54) is 16.6 Å². The number of nitrogens with zero attached hydrogens (tertiary/aromatic N) is 3. The monoisotopic (exact) mass is 311 g/mol. The first kappa shape index (κ1) is 15.1. The molecule has 0 aromatic carbocycles. The van der Waals surface area contributed by atoms with E-state index in [1.54, 1.807) is 16.2 Å². The Morgan fingerprint density at radius 1 is 1.40 bits per heavy atom. The lowest BCUT2D eigenvalue weighted by Gasteiger charge is -2.17.